The van der Waals surface area contributed by atoms with Crippen molar-refractivity contribution in [1.82, 2.24) is 19.9 Å². The Morgan fingerprint density at radius 2 is 1.20 bits per heavy atom. The van der Waals surface area contributed by atoms with E-state index in [0.29, 0.717) is 17.6 Å². The van der Waals surface area contributed by atoms with Crippen LogP contribution >= 0.6 is 0 Å². The van der Waals surface area contributed by atoms with Crippen molar-refractivity contribution < 1.29 is 9.59 Å². The summed E-state index contributed by atoms with van der Waals surface area (Å²) in [5, 5.41) is 0. The first kappa shape index (κ1) is 37.2. The molecule has 2 unspecified atom stereocenters. The summed E-state index contributed by atoms with van der Waals surface area (Å²) in [4.78, 5) is 46.0. The number of aryl methyl sites for hydroxylation is 4. The van der Waals surface area contributed by atoms with Gasteiger partial charge in [-0.15, -0.1) is 0 Å². The summed E-state index contributed by atoms with van der Waals surface area (Å²) < 4.78 is 0. The van der Waals surface area contributed by atoms with Crippen molar-refractivity contribution in [2.24, 2.45) is 5.41 Å². The molecule has 3 aromatic heterocycles. The number of hydrogen-bond donors (Lipinski definition) is 2. The number of nitrogens with one attached hydrogen (secondary N) is 2. The van der Waals surface area contributed by atoms with Crippen LogP contribution in [-0.4, -0.2) is 31.5 Å². The molecular formula is C53H50N4O2. The number of aromatic amines is 2. The predicted octanol–water partition coefficient (Wildman–Crippen LogP) is 11.9. The second-order valence-corrected chi connectivity index (χ2v) is 17.5. The Bertz CT molecular complexity index is 2920. The normalized spacial score (nSPS) is 19.8. The number of aromatic nitrogens is 4. The molecule has 5 heterocycles. The van der Waals surface area contributed by atoms with E-state index in [1.807, 2.05) is 18.2 Å². The number of nitrogens with zero attached hydrogens (tertiary/aromatic N) is 2. The van der Waals surface area contributed by atoms with Gasteiger partial charge in [0.25, 0.3) is 0 Å². The van der Waals surface area contributed by atoms with E-state index in [2.05, 4.69) is 114 Å². The number of rotatable bonds is 4. The molecule has 8 bridgehead atoms. The van der Waals surface area contributed by atoms with Crippen molar-refractivity contribution in [1.29, 1.82) is 0 Å². The molecule has 0 saturated heterocycles. The van der Waals surface area contributed by atoms with Crippen LogP contribution in [0.15, 0.2) is 90.0 Å². The maximum absolute atomic E-state index is 13.7. The van der Waals surface area contributed by atoms with Crippen molar-refractivity contribution in [2.45, 2.75) is 93.4 Å². The molecular weight excluding hydrogens is 725 g/mol. The van der Waals surface area contributed by atoms with Gasteiger partial charge >= 0.3 is 0 Å². The first-order chi connectivity index (χ1) is 28.4. The van der Waals surface area contributed by atoms with Crippen LogP contribution in [0.2, 0.25) is 0 Å². The Balaban J connectivity index is 1.27. The average molecular weight is 775 g/mol. The highest BCUT2D eigenvalue weighted by Crippen LogP contribution is 2.61. The SMILES string of the molecule is CCc1c(C)c2cc3nc(c(-c4cccc5c4CC4(CC6=C(C(=O)C=CC6=O)C4c4ccccc4)C5)c4nc(cc5[nH]c(cc1[nH]2)c(CC)c5C)C(C)=C4C)C(C)=C3C. The fraction of sp³-hybridized carbons (Fsp3) is 0.283. The molecule has 0 amide bonds. The minimum Gasteiger partial charge on any atom is -0.355 e. The summed E-state index contributed by atoms with van der Waals surface area (Å²) in [7, 11) is 0. The zero-order valence-electron chi connectivity index (χ0n) is 35.3. The molecule has 5 aliphatic rings. The number of carbonyl (C=O) groups excluding carboxylic acids is 2. The minimum absolute atomic E-state index is 0.0314. The lowest BCUT2D eigenvalue weighted by molar-refractivity contribution is -0.115. The molecule has 10 rings (SSSR count). The minimum atomic E-state index is -0.357. The van der Waals surface area contributed by atoms with E-state index in [1.165, 1.54) is 45.5 Å². The molecule has 0 saturated carbocycles. The number of ketones is 2. The maximum atomic E-state index is 13.7. The van der Waals surface area contributed by atoms with E-state index in [1.54, 1.807) is 0 Å². The summed E-state index contributed by atoms with van der Waals surface area (Å²) >= 11 is 0. The third-order valence-corrected chi connectivity index (χ3v) is 14.5. The maximum Gasteiger partial charge on any atom is 0.183 e. The first-order valence-electron chi connectivity index (χ1n) is 21.2. The lowest BCUT2D eigenvalue weighted by atomic mass is 9.69. The monoisotopic (exact) mass is 774 g/mol. The fourth-order valence-corrected chi connectivity index (χ4v) is 11.1. The molecule has 2 aliphatic heterocycles. The van der Waals surface area contributed by atoms with Gasteiger partial charge in [0.15, 0.2) is 11.6 Å². The molecule has 2 N–H and O–H groups in total. The molecule has 6 nitrogen and oxygen atoms in total. The van der Waals surface area contributed by atoms with Gasteiger partial charge in [-0.2, -0.15) is 0 Å². The van der Waals surface area contributed by atoms with E-state index in [0.717, 1.165) is 110 Å². The average Bonchev–Trinajstić information content (AvgIpc) is 4.04. The Hall–Kier alpha value is -6.14. The first-order valence-corrected chi connectivity index (χ1v) is 21.2. The third kappa shape index (κ3) is 5.45. The molecule has 59 heavy (non-hydrogen) atoms. The van der Waals surface area contributed by atoms with Gasteiger partial charge in [-0.3, -0.25) is 9.59 Å². The molecule has 2 aromatic carbocycles. The number of H-pyrrole nitrogens is 2. The fourth-order valence-electron chi connectivity index (χ4n) is 11.1. The zero-order valence-corrected chi connectivity index (χ0v) is 35.3. The Kier molecular flexibility index (Phi) is 8.47. The van der Waals surface area contributed by atoms with Crippen molar-refractivity contribution in [3.8, 4) is 11.1 Å². The Morgan fingerprint density at radius 3 is 1.78 bits per heavy atom. The molecule has 3 aliphatic carbocycles. The molecule has 0 radical (unpaired) electrons. The van der Waals surface area contributed by atoms with Crippen LogP contribution in [-0.2, 0) is 35.3 Å². The Morgan fingerprint density at radius 1 is 0.627 bits per heavy atom. The van der Waals surface area contributed by atoms with Crippen molar-refractivity contribution in [3.05, 3.63) is 152 Å². The highest BCUT2D eigenvalue weighted by molar-refractivity contribution is 6.21. The van der Waals surface area contributed by atoms with Crippen LogP contribution in [0.1, 0.15) is 116 Å². The molecule has 1 spiro atoms. The molecule has 294 valence electrons. The van der Waals surface area contributed by atoms with Gasteiger partial charge in [0.05, 0.1) is 22.8 Å². The quantitative estimate of drug-likeness (QED) is 0.178. The summed E-state index contributed by atoms with van der Waals surface area (Å²) in [6.45, 7) is 17.7. The largest absolute Gasteiger partial charge is 0.355 e. The van der Waals surface area contributed by atoms with Gasteiger partial charge in [-0.1, -0.05) is 62.4 Å². The molecule has 2 atom stereocenters. The summed E-state index contributed by atoms with van der Waals surface area (Å²) in [6, 6.07) is 23.8. The van der Waals surface area contributed by atoms with Crippen LogP contribution < -0.4 is 0 Å². The highest BCUT2D eigenvalue weighted by atomic mass is 16.1. The van der Waals surface area contributed by atoms with E-state index < -0.39 is 0 Å². The van der Waals surface area contributed by atoms with E-state index >= 15 is 0 Å². The van der Waals surface area contributed by atoms with Gasteiger partial charge in [0.2, 0.25) is 0 Å². The second kappa shape index (κ2) is 13.5. The Labute approximate surface area is 346 Å². The van der Waals surface area contributed by atoms with Crippen molar-refractivity contribution in [2.75, 3.05) is 0 Å². The van der Waals surface area contributed by atoms with Gasteiger partial charge in [-0.05, 0) is 176 Å². The molecule has 0 fully saturated rings. The van der Waals surface area contributed by atoms with E-state index in [9.17, 15) is 9.59 Å². The van der Waals surface area contributed by atoms with Gasteiger partial charge in [0, 0.05) is 44.7 Å². The number of hydrogen-bond acceptors (Lipinski definition) is 4. The van der Waals surface area contributed by atoms with Gasteiger partial charge in [0.1, 0.15) is 0 Å². The van der Waals surface area contributed by atoms with Gasteiger partial charge < -0.3 is 9.97 Å². The van der Waals surface area contributed by atoms with Crippen LogP contribution in [0.5, 0.6) is 0 Å². The zero-order chi connectivity index (χ0) is 41.1. The second-order valence-electron chi connectivity index (χ2n) is 17.5. The standard InChI is InChI=1S/C53H50N4O2/c1-9-35-31(7)42-21-40-27(3)29(5)51(56-40)49(52-30(6)28(4)41(57-52)22-43-32(8)36(10-2)45(55-43)23-44(35)54-42)37-18-14-17-34-24-53(25-38(34)37)26-39-46(58)19-20-47(59)48(39)50(53)33-15-12-11-13-16-33/h11-23,50,54-55H,9-10,24-26H2,1-8H3. The van der Waals surface area contributed by atoms with E-state index in [4.69, 9.17) is 9.97 Å². The van der Waals surface area contributed by atoms with Crippen LogP contribution in [0.25, 0.3) is 55.5 Å². The highest BCUT2D eigenvalue weighted by Gasteiger charge is 2.54. The summed E-state index contributed by atoms with van der Waals surface area (Å²) in [5.74, 6) is -0.256. The third-order valence-electron chi connectivity index (χ3n) is 14.5. The number of carbonyl (C=O) groups is 2. The summed E-state index contributed by atoms with van der Waals surface area (Å²) in [5.41, 5.74) is 24.7. The van der Waals surface area contributed by atoms with E-state index in [-0.39, 0.29) is 22.9 Å². The predicted molar refractivity (Wildman–Crippen MR) is 241 cm³/mol. The summed E-state index contributed by atoms with van der Waals surface area (Å²) in [6.07, 6.45) is 6.86. The van der Waals surface area contributed by atoms with Crippen molar-refractivity contribution >= 4 is 55.9 Å². The number of fused-ring (bicyclic) bond motifs is 9. The topological polar surface area (TPSA) is 91.5 Å². The molecule has 6 heteroatoms. The van der Waals surface area contributed by atoms with Crippen LogP contribution in [0, 0.1) is 19.3 Å². The lowest BCUT2D eigenvalue weighted by Crippen LogP contribution is -2.28. The smallest absolute Gasteiger partial charge is 0.183 e. The van der Waals surface area contributed by atoms with Crippen LogP contribution in [0.4, 0.5) is 0 Å². The van der Waals surface area contributed by atoms with Crippen molar-refractivity contribution in [3.63, 3.8) is 0 Å². The van der Waals surface area contributed by atoms with Gasteiger partial charge in [-0.25, -0.2) is 9.97 Å². The number of benzene rings is 2. The number of allylic oxidation sites excluding steroid dienone is 8. The van der Waals surface area contributed by atoms with Crippen LogP contribution in [0.3, 0.4) is 0 Å². The lowest BCUT2D eigenvalue weighted by Gasteiger charge is -2.33. The molecule has 5 aromatic rings.